The number of halogens is 2. The van der Waals surface area contributed by atoms with Crippen molar-refractivity contribution in [2.75, 3.05) is 5.32 Å². The van der Waals surface area contributed by atoms with Crippen molar-refractivity contribution in [3.05, 3.63) is 63.0 Å². The molecule has 0 saturated heterocycles. The van der Waals surface area contributed by atoms with Gasteiger partial charge in [-0.15, -0.1) is 0 Å². The summed E-state index contributed by atoms with van der Waals surface area (Å²) in [5.74, 6) is 0.692. The van der Waals surface area contributed by atoms with E-state index in [1.54, 1.807) is 0 Å². The maximum absolute atomic E-state index is 3.60. The summed E-state index contributed by atoms with van der Waals surface area (Å²) in [5.41, 5.74) is 2.64. The molecule has 1 fully saturated rings. The third-order valence-corrected chi connectivity index (χ3v) is 4.88. The molecule has 1 N–H and O–H groups in total. The summed E-state index contributed by atoms with van der Waals surface area (Å²) >= 11 is 7.12. The van der Waals surface area contributed by atoms with Crippen LogP contribution in [-0.2, 0) is 0 Å². The summed E-state index contributed by atoms with van der Waals surface area (Å²) in [6.07, 6.45) is 2.41. The summed E-state index contributed by atoms with van der Waals surface area (Å²) < 4.78 is 2.31. The molecule has 1 aliphatic carbocycles. The highest BCUT2D eigenvalue weighted by Crippen LogP contribution is 2.39. The molecule has 1 aliphatic rings. The van der Waals surface area contributed by atoms with Crippen LogP contribution in [0.3, 0.4) is 0 Å². The van der Waals surface area contributed by atoms with Gasteiger partial charge in [-0.1, -0.05) is 40.2 Å². The molecule has 0 unspecified atom stereocenters. The Balaban J connectivity index is 1.60. The van der Waals surface area contributed by atoms with Gasteiger partial charge in [-0.25, -0.2) is 0 Å². The van der Waals surface area contributed by atoms with E-state index in [1.165, 1.54) is 28.6 Å². The zero-order valence-electron chi connectivity index (χ0n) is 10.4. The Bertz CT molecular complexity index is 576. The van der Waals surface area contributed by atoms with Crippen LogP contribution in [0.15, 0.2) is 57.5 Å². The summed E-state index contributed by atoms with van der Waals surface area (Å²) in [4.78, 5) is 0. The molecular weight excluding hydrogens is 366 g/mol. The zero-order chi connectivity index (χ0) is 13.2. The molecule has 1 nitrogen and oxygen atoms in total. The van der Waals surface area contributed by atoms with Gasteiger partial charge in [-0.2, -0.15) is 0 Å². The van der Waals surface area contributed by atoms with E-state index < -0.39 is 0 Å². The number of para-hydroxylation sites is 1. The van der Waals surface area contributed by atoms with Crippen LogP contribution in [0.5, 0.6) is 0 Å². The van der Waals surface area contributed by atoms with Gasteiger partial charge in [-0.05, 0) is 64.5 Å². The lowest BCUT2D eigenvalue weighted by atomic mass is 9.76. The molecule has 3 heteroatoms. The van der Waals surface area contributed by atoms with Gasteiger partial charge in [0.05, 0.1) is 0 Å². The number of hydrogen-bond acceptors (Lipinski definition) is 1. The second-order valence-electron chi connectivity index (χ2n) is 5.04. The minimum absolute atomic E-state index is 0.586. The van der Waals surface area contributed by atoms with Crippen LogP contribution in [0.25, 0.3) is 0 Å². The van der Waals surface area contributed by atoms with Crippen molar-refractivity contribution >= 4 is 37.5 Å². The van der Waals surface area contributed by atoms with Gasteiger partial charge in [-0.3, -0.25) is 0 Å². The van der Waals surface area contributed by atoms with Gasteiger partial charge in [0.2, 0.25) is 0 Å². The molecule has 0 amide bonds. The molecule has 98 valence electrons. The van der Waals surface area contributed by atoms with E-state index in [1.807, 2.05) is 6.07 Å². The molecule has 2 aromatic rings. The third kappa shape index (κ3) is 3.03. The number of anilines is 1. The molecule has 2 aromatic carbocycles. The maximum atomic E-state index is 3.60. The lowest BCUT2D eigenvalue weighted by Gasteiger charge is -2.37. The Morgan fingerprint density at radius 2 is 1.74 bits per heavy atom. The largest absolute Gasteiger partial charge is 0.381 e. The van der Waals surface area contributed by atoms with Crippen LogP contribution in [-0.4, -0.2) is 6.04 Å². The fourth-order valence-electron chi connectivity index (χ4n) is 2.57. The smallest absolute Gasteiger partial charge is 0.0486 e. The van der Waals surface area contributed by atoms with Crippen LogP contribution < -0.4 is 5.32 Å². The van der Waals surface area contributed by atoms with E-state index >= 15 is 0 Å². The Kier molecular flexibility index (Phi) is 3.94. The van der Waals surface area contributed by atoms with Crippen LogP contribution in [0, 0.1) is 0 Å². The molecule has 0 spiro atoms. The summed E-state index contributed by atoms with van der Waals surface area (Å²) in [6, 6.07) is 17.6. The van der Waals surface area contributed by atoms with Crippen molar-refractivity contribution in [1.29, 1.82) is 0 Å². The molecule has 0 aliphatic heterocycles. The number of hydrogen-bond donors (Lipinski definition) is 1. The maximum Gasteiger partial charge on any atom is 0.0486 e. The van der Waals surface area contributed by atoms with Crippen LogP contribution in [0.2, 0.25) is 0 Å². The van der Waals surface area contributed by atoms with E-state index in [9.17, 15) is 0 Å². The van der Waals surface area contributed by atoms with Gasteiger partial charge in [0, 0.05) is 20.7 Å². The third-order valence-electron chi connectivity index (χ3n) is 3.69. The van der Waals surface area contributed by atoms with Crippen molar-refractivity contribution in [2.24, 2.45) is 0 Å². The first kappa shape index (κ1) is 13.2. The highest BCUT2D eigenvalue weighted by Gasteiger charge is 2.30. The first-order valence-corrected chi connectivity index (χ1v) is 8.07. The number of rotatable bonds is 3. The molecule has 1 saturated carbocycles. The molecule has 19 heavy (non-hydrogen) atoms. The van der Waals surface area contributed by atoms with E-state index in [0.717, 1.165) is 4.47 Å². The van der Waals surface area contributed by atoms with Gasteiger partial charge in [0.25, 0.3) is 0 Å². The molecule has 0 heterocycles. The van der Waals surface area contributed by atoms with Gasteiger partial charge in [0.1, 0.15) is 0 Å². The Labute approximate surface area is 130 Å². The molecule has 0 bridgehead atoms. The first-order valence-electron chi connectivity index (χ1n) is 6.49. The van der Waals surface area contributed by atoms with E-state index in [2.05, 4.69) is 79.6 Å². The fraction of sp³-hybridized carbons (Fsp3) is 0.250. The van der Waals surface area contributed by atoms with Gasteiger partial charge >= 0.3 is 0 Å². The molecular formula is C16H15Br2N. The average molecular weight is 381 g/mol. The van der Waals surface area contributed by atoms with Crippen LogP contribution >= 0.6 is 31.9 Å². The Hall–Kier alpha value is -0.800. The SMILES string of the molecule is Brc1cccc(C2CC(Nc3ccccc3Br)C2)c1. The van der Waals surface area contributed by atoms with Gasteiger partial charge in [0.15, 0.2) is 0 Å². The minimum atomic E-state index is 0.586. The second-order valence-corrected chi connectivity index (χ2v) is 6.81. The normalized spacial score (nSPS) is 21.8. The van der Waals surface area contributed by atoms with Crippen molar-refractivity contribution in [3.63, 3.8) is 0 Å². The molecule has 0 atom stereocenters. The van der Waals surface area contributed by atoms with Crippen molar-refractivity contribution in [3.8, 4) is 0 Å². The van der Waals surface area contributed by atoms with E-state index in [0.29, 0.717) is 12.0 Å². The van der Waals surface area contributed by atoms with Gasteiger partial charge < -0.3 is 5.32 Å². The lowest BCUT2D eigenvalue weighted by molar-refractivity contribution is 0.374. The standard InChI is InChI=1S/C16H15Br2N/c17-13-5-3-4-11(8-13)12-9-14(10-12)19-16-7-2-1-6-15(16)18/h1-8,12,14,19H,9-10H2. The number of nitrogens with one attached hydrogen (secondary N) is 1. The molecule has 0 aromatic heterocycles. The summed E-state index contributed by atoms with van der Waals surface area (Å²) in [5, 5.41) is 3.60. The van der Waals surface area contributed by atoms with Crippen molar-refractivity contribution in [1.82, 2.24) is 0 Å². The molecule has 3 rings (SSSR count). The highest BCUT2D eigenvalue weighted by atomic mass is 79.9. The highest BCUT2D eigenvalue weighted by molar-refractivity contribution is 9.10. The zero-order valence-corrected chi connectivity index (χ0v) is 13.6. The molecule has 0 radical (unpaired) electrons. The summed E-state index contributed by atoms with van der Waals surface area (Å²) in [7, 11) is 0. The summed E-state index contributed by atoms with van der Waals surface area (Å²) in [6.45, 7) is 0. The first-order chi connectivity index (χ1) is 9.22. The number of benzene rings is 2. The van der Waals surface area contributed by atoms with Crippen LogP contribution in [0.1, 0.15) is 24.3 Å². The van der Waals surface area contributed by atoms with Crippen LogP contribution in [0.4, 0.5) is 5.69 Å². The van der Waals surface area contributed by atoms with Crippen molar-refractivity contribution in [2.45, 2.75) is 24.8 Å². The van der Waals surface area contributed by atoms with E-state index in [-0.39, 0.29) is 0 Å². The van der Waals surface area contributed by atoms with Crippen molar-refractivity contribution < 1.29 is 0 Å². The lowest BCUT2D eigenvalue weighted by Crippen LogP contribution is -2.34. The Morgan fingerprint density at radius 1 is 0.947 bits per heavy atom. The second kappa shape index (κ2) is 5.68. The quantitative estimate of drug-likeness (QED) is 0.733. The van der Waals surface area contributed by atoms with E-state index in [4.69, 9.17) is 0 Å². The topological polar surface area (TPSA) is 12.0 Å². The predicted molar refractivity (Wildman–Crippen MR) is 87.7 cm³/mol. The average Bonchev–Trinajstić information content (AvgIpc) is 2.35. The fourth-order valence-corrected chi connectivity index (χ4v) is 3.38. The Morgan fingerprint density at radius 3 is 2.47 bits per heavy atom. The predicted octanol–water partition coefficient (Wildman–Crippen LogP) is 5.57. The monoisotopic (exact) mass is 379 g/mol. The minimum Gasteiger partial charge on any atom is -0.381 e.